The van der Waals surface area contributed by atoms with Crippen molar-refractivity contribution in [3.63, 3.8) is 0 Å². The number of hydrogen-bond donors (Lipinski definition) is 2. The number of aryl methyl sites for hydroxylation is 1. The number of nitrogens with one attached hydrogen (secondary N) is 1. The SMILES string of the molecule is Cn1cnc(C(=O)NCCN)c1. The van der Waals surface area contributed by atoms with Gasteiger partial charge in [-0.1, -0.05) is 0 Å². The predicted octanol–water partition coefficient (Wildman–Crippen LogP) is -0.891. The van der Waals surface area contributed by atoms with Crippen LogP contribution in [0.1, 0.15) is 10.5 Å². The molecule has 12 heavy (non-hydrogen) atoms. The maximum Gasteiger partial charge on any atom is 0.271 e. The quantitative estimate of drug-likeness (QED) is 0.615. The molecular weight excluding hydrogens is 156 g/mol. The molecule has 0 aliphatic rings. The van der Waals surface area contributed by atoms with E-state index < -0.39 is 0 Å². The van der Waals surface area contributed by atoms with E-state index in [1.807, 2.05) is 7.05 Å². The zero-order valence-electron chi connectivity index (χ0n) is 6.95. The lowest BCUT2D eigenvalue weighted by atomic mass is 10.4. The molecule has 0 unspecified atom stereocenters. The van der Waals surface area contributed by atoms with Gasteiger partial charge in [-0.3, -0.25) is 4.79 Å². The smallest absolute Gasteiger partial charge is 0.271 e. The molecule has 5 nitrogen and oxygen atoms in total. The first-order valence-electron chi connectivity index (χ1n) is 3.70. The van der Waals surface area contributed by atoms with Gasteiger partial charge < -0.3 is 15.6 Å². The van der Waals surface area contributed by atoms with E-state index in [1.54, 1.807) is 17.1 Å². The van der Waals surface area contributed by atoms with Crippen LogP contribution < -0.4 is 11.1 Å². The monoisotopic (exact) mass is 168 g/mol. The number of aromatic nitrogens is 2. The minimum Gasteiger partial charge on any atom is -0.349 e. The molecule has 0 atom stereocenters. The van der Waals surface area contributed by atoms with Crippen LogP contribution in [0.25, 0.3) is 0 Å². The van der Waals surface area contributed by atoms with Crippen LogP contribution in [0.5, 0.6) is 0 Å². The zero-order chi connectivity index (χ0) is 8.97. The van der Waals surface area contributed by atoms with Crippen molar-refractivity contribution in [1.82, 2.24) is 14.9 Å². The Labute approximate surface area is 70.6 Å². The molecule has 0 spiro atoms. The van der Waals surface area contributed by atoms with Crippen LogP contribution >= 0.6 is 0 Å². The van der Waals surface area contributed by atoms with Crippen LogP contribution in [0.15, 0.2) is 12.5 Å². The summed E-state index contributed by atoms with van der Waals surface area (Å²) in [4.78, 5) is 15.1. The summed E-state index contributed by atoms with van der Waals surface area (Å²) < 4.78 is 1.72. The summed E-state index contributed by atoms with van der Waals surface area (Å²) in [7, 11) is 1.81. The van der Waals surface area contributed by atoms with Gasteiger partial charge in [0.1, 0.15) is 5.69 Å². The molecule has 66 valence electrons. The number of nitrogens with two attached hydrogens (primary N) is 1. The number of nitrogens with zero attached hydrogens (tertiary/aromatic N) is 2. The average Bonchev–Trinajstić information content (AvgIpc) is 2.47. The number of imidazole rings is 1. The maximum absolute atomic E-state index is 11.2. The maximum atomic E-state index is 11.2. The number of hydrogen-bond acceptors (Lipinski definition) is 3. The number of carbonyl (C=O) groups is 1. The number of amides is 1. The molecule has 5 heteroatoms. The van der Waals surface area contributed by atoms with Gasteiger partial charge in [0, 0.05) is 26.3 Å². The second-order valence-electron chi connectivity index (χ2n) is 2.47. The standard InChI is InChI=1S/C7H12N4O/c1-11-4-6(10-5-11)7(12)9-3-2-8/h4-5H,2-3,8H2,1H3,(H,9,12). The van der Waals surface area contributed by atoms with Crippen LogP contribution in [-0.4, -0.2) is 28.5 Å². The normalized spacial score (nSPS) is 9.83. The third kappa shape index (κ3) is 2.06. The molecule has 1 aromatic heterocycles. The molecule has 0 bridgehead atoms. The molecule has 1 amide bonds. The van der Waals surface area contributed by atoms with Gasteiger partial charge >= 0.3 is 0 Å². The van der Waals surface area contributed by atoms with E-state index >= 15 is 0 Å². The van der Waals surface area contributed by atoms with Gasteiger partial charge in [-0.25, -0.2) is 4.98 Å². The number of carbonyl (C=O) groups excluding carboxylic acids is 1. The second-order valence-corrected chi connectivity index (χ2v) is 2.47. The lowest BCUT2D eigenvalue weighted by molar-refractivity contribution is 0.0950. The van der Waals surface area contributed by atoms with Crippen molar-refractivity contribution < 1.29 is 4.79 Å². The summed E-state index contributed by atoms with van der Waals surface area (Å²) in [6.07, 6.45) is 3.24. The Morgan fingerprint density at radius 2 is 2.58 bits per heavy atom. The molecule has 0 aliphatic heterocycles. The van der Waals surface area contributed by atoms with E-state index in [1.165, 1.54) is 0 Å². The van der Waals surface area contributed by atoms with E-state index in [9.17, 15) is 4.79 Å². The summed E-state index contributed by atoms with van der Waals surface area (Å²) in [5.74, 6) is -0.180. The van der Waals surface area contributed by atoms with Crippen molar-refractivity contribution in [2.75, 3.05) is 13.1 Å². The largest absolute Gasteiger partial charge is 0.349 e. The average molecular weight is 168 g/mol. The minimum absolute atomic E-state index is 0.180. The Balaban J connectivity index is 2.53. The third-order valence-electron chi connectivity index (χ3n) is 1.37. The Morgan fingerprint density at radius 1 is 1.83 bits per heavy atom. The van der Waals surface area contributed by atoms with Crippen LogP contribution in [-0.2, 0) is 7.05 Å². The fourth-order valence-electron chi connectivity index (χ4n) is 0.806. The molecule has 0 aromatic carbocycles. The van der Waals surface area contributed by atoms with Gasteiger partial charge in [0.2, 0.25) is 0 Å². The molecule has 0 saturated carbocycles. The lowest BCUT2D eigenvalue weighted by Gasteiger charge is -1.98. The van der Waals surface area contributed by atoms with Crippen LogP contribution in [0.4, 0.5) is 0 Å². The Kier molecular flexibility index (Phi) is 2.82. The summed E-state index contributed by atoms with van der Waals surface area (Å²) >= 11 is 0. The minimum atomic E-state index is -0.180. The van der Waals surface area contributed by atoms with Gasteiger partial charge in [0.05, 0.1) is 6.33 Å². The molecule has 3 N–H and O–H groups in total. The molecule has 1 heterocycles. The van der Waals surface area contributed by atoms with Crippen molar-refractivity contribution in [1.29, 1.82) is 0 Å². The molecule has 0 saturated heterocycles. The molecule has 1 rings (SSSR count). The van der Waals surface area contributed by atoms with E-state index in [4.69, 9.17) is 5.73 Å². The highest BCUT2D eigenvalue weighted by molar-refractivity contribution is 5.91. The van der Waals surface area contributed by atoms with Crippen molar-refractivity contribution >= 4 is 5.91 Å². The number of rotatable bonds is 3. The summed E-state index contributed by atoms with van der Waals surface area (Å²) in [5.41, 5.74) is 5.64. The van der Waals surface area contributed by atoms with Gasteiger partial charge in [0.15, 0.2) is 0 Å². The van der Waals surface area contributed by atoms with E-state index in [2.05, 4.69) is 10.3 Å². The van der Waals surface area contributed by atoms with Gasteiger partial charge in [-0.05, 0) is 0 Å². The fourth-order valence-corrected chi connectivity index (χ4v) is 0.806. The summed E-state index contributed by atoms with van der Waals surface area (Å²) in [6, 6.07) is 0. The highest BCUT2D eigenvalue weighted by atomic mass is 16.1. The first kappa shape index (κ1) is 8.73. The van der Waals surface area contributed by atoms with E-state index in [0.717, 1.165) is 0 Å². The van der Waals surface area contributed by atoms with Gasteiger partial charge in [0.25, 0.3) is 5.91 Å². The molecule has 0 fully saturated rings. The van der Waals surface area contributed by atoms with Gasteiger partial charge in [-0.15, -0.1) is 0 Å². The molecule has 0 radical (unpaired) electrons. The Hall–Kier alpha value is -1.36. The van der Waals surface area contributed by atoms with Crippen LogP contribution in [0.3, 0.4) is 0 Å². The first-order valence-corrected chi connectivity index (χ1v) is 3.70. The highest BCUT2D eigenvalue weighted by Gasteiger charge is 2.05. The topological polar surface area (TPSA) is 72.9 Å². The molecule has 1 aromatic rings. The first-order chi connectivity index (χ1) is 5.74. The molecular formula is C7H12N4O. The molecule has 0 aliphatic carbocycles. The van der Waals surface area contributed by atoms with E-state index in [0.29, 0.717) is 18.8 Å². The lowest BCUT2D eigenvalue weighted by Crippen LogP contribution is -2.29. The zero-order valence-corrected chi connectivity index (χ0v) is 6.95. The van der Waals surface area contributed by atoms with Crippen molar-refractivity contribution in [2.24, 2.45) is 12.8 Å². The second kappa shape index (κ2) is 3.87. The fraction of sp³-hybridized carbons (Fsp3) is 0.429. The third-order valence-corrected chi connectivity index (χ3v) is 1.37. The highest BCUT2D eigenvalue weighted by Crippen LogP contribution is 1.92. The summed E-state index contributed by atoms with van der Waals surface area (Å²) in [5, 5.41) is 2.62. The van der Waals surface area contributed by atoms with Crippen LogP contribution in [0.2, 0.25) is 0 Å². The Morgan fingerprint density at radius 3 is 3.08 bits per heavy atom. The van der Waals surface area contributed by atoms with Gasteiger partial charge in [-0.2, -0.15) is 0 Å². The summed E-state index contributed by atoms with van der Waals surface area (Å²) in [6.45, 7) is 0.925. The van der Waals surface area contributed by atoms with Crippen molar-refractivity contribution in [3.8, 4) is 0 Å². The predicted molar refractivity (Wildman–Crippen MR) is 44.6 cm³/mol. The van der Waals surface area contributed by atoms with Crippen molar-refractivity contribution in [3.05, 3.63) is 18.2 Å². The Bertz CT molecular complexity index is 268. The van der Waals surface area contributed by atoms with Crippen molar-refractivity contribution in [2.45, 2.75) is 0 Å². The van der Waals surface area contributed by atoms with Crippen LogP contribution in [0, 0.1) is 0 Å². The van der Waals surface area contributed by atoms with E-state index in [-0.39, 0.29) is 5.91 Å².